The zero-order valence-corrected chi connectivity index (χ0v) is 14.7. The molecule has 1 saturated heterocycles. The molecule has 1 aliphatic rings. The van der Waals surface area contributed by atoms with Gasteiger partial charge in [0.25, 0.3) is 5.82 Å². The van der Waals surface area contributed by atoms with Crippen LogP contribution in [0.15, 0.2) is 0 Å². The number of anilines is 1. The number of aryl methyl sites for hydroxylation is 1. The molecular formula is C16H23F3N6. The second-order valence-corrected chi connectivity index (χ2v) is 6.81. The molecule has 9 heteroatoms. The van der Waals surface area contributed by atoms with Crippen LogP contribution in [-0.2, 0) is 6.18 Å². The van der Waals surface area contributed by atoms with Gasteiger partial charge in [0.05, 0.1) is 0 Å². The van der Waals surface area contributed by atoms with Crippen LogP contribution < -0.4 is 5.32 Å². The Kier molecular flexibility index (Phi) is 4.86. The summed E-state index contributed by atoms with van der Waals surface area (Å²) < 4.78 is 39.9. The largest absolute Gasteiger partial charge is 0.453 e. The van der Waals surface area contributed by atoms with Crippen molar-refractivity contribution in [3.63, 3.8) is 0 Å². The summed E-state index contributed by atoms with van der Waals surface area (Å²) in [6.45, 7) is 9.44. The molecule has 3 heterocycles. The number of aromatic nitrogens is 4. The number of fused-ring (bicyclic) bond motifs is 1. The molecular weight excluding hydrogens is 333 g/mol. The van der Waals surface area contributed by atoms with Crippen molar-refractivity contribution < 1.29 is 13.2 Å². The van der Waals surface area contributed by atoms with Gasteiger partial charge in [-0.2, -0.15) is 17.7 Å². The minimum atomic E-state index is -4.59. The summed E-state index contributed by atoms with van der Waals surface area (Å²) in [7, 11) is 0. The van der Waals surface area contributed by atoms with Gasteiger partial charge in [0.15, 0.2) is 5.65 Å². The molecule has 2 aromatic heterocycles. The van der Waals surface area contributed by atoms with Crippen molar-refractivity contribution in [3.05, 3.63) is 17.0 Å². The van der Waals surface area contributed by atoms with Gasteiger partial charge in [0, 0.05) is 18.7 Å². The van der Waals surface area contributed by atoms with Crippen molar-refractivity contribution >= 4 is 11.5 Å². The minimum Gasteiger partial charge on any atom is -0.367 e. The third kappa shape index (κ3) is 3.70. The summed E-state index contributed by atoms with van der Waals surface area (Å²) in [5.74, 6) is 0.118. The molecule has 0 radical (unpaired) electrons. The summed E-state index contributed by atoms with van der Waals surface area (Å²) in [6, 6.07) is 0. The summed E-state index contributed by atoms with van der Waals surface area (Å²) in [5, 5.41) is 14.2. The highest BCUT2D eigenvalue weighted by Gasteiger charge is 2.38. The summed E-state index contributed by atoms with van der Waals surface area (Å²) in [6.07, 6.45) is -2.20. The van der Waals surface area contributed by atoms with Crippen molar-refractivity contribution in [1.82, 2.24) is 24.7 Å². The van der Waals surface area contributed by atoms with Gasteiger partial charge in [-0.25, -0.2) is 0 Å². The molecule has 6 nitrogen and oxygen atoms in total. The first-order chi connectivity index (χ1) is 11.8. The van der Waals surface area contributed by atoms with Crippen LogP contribution in [0.25, 0.3) is 5.65 Å². The normalized spacial score (nSPS) is 17.4. The molecule has 25 heavy (non-hydrogen) atoms. The SMILES string of the molecule is Cc1c(NCCN2CCC(C)CC2)nn2c(C(F)(F)F)nnc2c1C. The second kappa shape index (κ2) is 6.78. The molecule has 0 atom stereocenters. The van der Waals surface area contributed by atoms with Crippen LogP contribution in [0.5, 0.6) is 0 Å². The highest BCUT2D eigenvalue weighted by atomic mass is 19.4. The molecule has 0 spiro atoms. The lowest BCUT2D eigenvalue weighted by Gasteiger charge is -2.30. The Morgan fingerprint density at radius 3 is 2.44 bits per heavy atom. The molecule has 0 unspecified atom stereocenters. The van der Waals surface area contributed by atoms with E-state index in [2.05, 4.69) is 32.4 Å². The maximum atomic E-state index is 13.1. The lowest BCUT2D eigenvalue weighted by Crippen LogP contribution is -2.36. The zero-order valence-electron chi connectivity index (χ0n) is 14.7. The Bertz CT molecular complexity index is 746. The first kappa shape index (κ1) is 17.9. The van der Waals surface area contributed by atoms with E-state index in [4.69, 9.17) is 0 Å². The van der Waals surface area contributed by atoms with E-state index in [-0.39, 0.29) is 5.65 Å². The fourth-order valence-corrected chi connectivity index (χ4v) is 3.09. The van der Waals surface area contributed by atoms with Crippen molar-refractivity contribution in [3.8, 4) is 0 Å². The number of alkyl halides is 3. The van der Waals surface area contributed by atoms with Gasteiger partial charge in [-0.15, -0.1) is 15.3 Å². The van der Waals surface area contributed by atoms with Crippen LogP contribution in [0, 0.1) is 19.8 Å². The number of hydrogen-bond acceptors (Lipinski definition) is 5. The van der Waals surface area contributed by atoms with Crippen LogP contribution in [-0.4, -0.2) is 50.9 Å². The van der Waals surface area contributed by atoms with E-state index in [1.807, 2.05) is 6.92 Å². The highest BCUT2D eigenvalue weighted by molar-refractivity contribution is 5.58. The average Bonchev–Trinajstić information content (AvgIpc) is 2.98. The monoisotopic (exact) mass is 356 g/mol. The predicted octanol–water partition coefficient (Wildman–Crippen LogP) is 2.90. The van der Waals surface area contributed by atoms with Crippen LogP contribution in [0.2, 0.25) is 0 Å². The molecule has 1 aliphatic heterocycles. The third-order valence-electron chi connectivity index (χ3n) is 4.94. The van der Waals surface area contributed by atoms with Gasteiger partial charge >= 0.3 is 6.18 Å². The molecule has 0 saturated carbocycles. The number of likely N-dealkylation sites (tertiary alicyclic amines) is 1. The Hall–Kier alpha value is -1.90. The number of hydrogen-bond donors (Lipinski definition) is 1. The van der Waals surface area contributed by atoms with Gasteiger partial charge < -0.3 is 10.2 Å². The number of piperidine rings is 1. The Morgan fingerprint density at radius 2 is 1.80 bits per heavy atom. The van der Waals surface area contributed by atoms with Gasteiger partial charge in [-0.1, -0.05) is 6.92 Å². The van der Waals surface area contributed by atoms with E-state index >= 15 is 0 Å². The van der Waals surface area contributed by atoms with Crippen molar-refractivity contribution in [1.29, 1.82) is 0 Å². The molecule has 138 valence electrons. The van der Waals surface area contributed by atoms with E-state index in [9.17, 15) is 13.2 Å². The third-order valence-corrected chi connectivity index (χ3v) is 4.94. The number of rotatable bonds is 4. The Morgan fingerprint density at radius 1 is 1.12 bits per heavy atom. The standard InChI is InChI=1S/C16H23F3N6/c1-10-4-7-24(8-5-10)9-6-20-13-11(2)12(3)14-21-22-15(16(17,18)19)25(14)23-13/h10H,4-9H2,1-3H3,(H,20,23). The van der Waals surface area contributed by atoms with E-state index in [0.29, 0.717) is 17.9 Å². The average molecular weight is 356 g/mol. The van der Waals surface area contributed by atoms with Crippen LogP contribution in [0.4, 0.5) is 19.0 Å². The first-order valence-corrected chi connectivity index (χ1v) is 8.53. The van der Waals surface area contributed by atoms with Gasteiger partial charge in [0.2, 0.25) is 0 Å². The molecule has 1 N–H and O–H groups in total. The van der Waals surface area contributed by atoms with Crippen LogP contribution in [0.1, 0.15) is 36.7 Å². The highest BCUT2D eigenvalue weighted by Crippen LogP contribution is 2.29. The van der Waals surface area contributed by atoms with Crippen molar-refractivity contribution in [2.75, 3.05) is 31.5 Å². The molecule has 0 bridgehead atoms. The topological polar surface area (TPSA) is 58.4 Å². The quantitative estimate of drug-likeness (QED) is 0.913. The van der Waals surface area contributed by atoms with Crippen molar-refractivity contribution in [2.24, 2.45) is 5.92 Å². The maximum Gasteiger partial charge on any atom is 0.453 e. The van der Waals surface area contributed by atoms with Crippen LogP contribution >= 0.6 is 0 Å². The van der Waals surface area contributed by atoms with Gasteiger partial charge in [0.1, 0.15) is 5.82 Å². The number of nitrogens with zero attached hydrogens (tertiary/aromatic N) is 5. The summed E-state index contributed by atoms with van der Waals surface area (Å²) in [4.78, 5) is 2.37. The fraction of sp³-hybridized carbons (Fsp3) is 0.688. The summed E-state index contributed by atoms with van der Waals surface area (Å²) in [5.41, 5.74) is 1.58. The van der Waals surface area contributed by atoms with Gasteiger partial charge in [-0.3, -0.25) is 0 Å². The van der Waals surface area contributed by atoms with Crippen LogP contribution in [0.3, 0.4) is 0 Å². The Balaban J connectivity index is 1.75. The molecule has 0 aromatic carbocycles. The second-order valence-electron chi connectivity index (χ2n) is 6.81. The molecule has 2 aromatic rings. The molecule has 3 rings (SSSR count). The van der Waals surface area contributed by atoms with Crippen molar-refractivity contribution in [2.45, 2.75) is 39.8 Å². The molecule has 0 amide bonds. The van der Waals surface area contributed by atoms with E-state index in [0.717, 1.165) is 35.6 Å². The fourth-order valence-electron chi connectivity index (χ4n) is 3.09. The molecule has 0 aliphatic carbocycles. The lowest BCUT2D eigenvalue weighted by atomic mass is 9.99. The summed E-state index contributed by atoms with van der Waals surface area (Å²) >= 11 is 0. The smallest absolute Gasteiger partial charge is 0.367 e. The van der Waals surface area contributed by atoms with E-state index in [1.54, 1.807) is 6.92 Å². The number of halogens is 3. The Labute approximate surface area is 144 Å². The first-order valence-electron chi connectivity index (χ1n) is 8.53. The lowest BCUT2D eigenvalue weighted by molar-refractivity contribution is -0.146. The predicted molar refractivity (Wildman–Crippen MR) is 88.6 cm³/mol. The minimum absolute atomic E-state index is 0.139. The van der Waals surface area contributed by atoms with Gasteiger partial charge in [-0.05, 0) is 51.3 Å². The van der Waals surface area contributed by atoms with E-state index < -0.39 is 12.0 Å². The maximum absolute atomic E-state index is 13.1. The zero-order chi connectivity index (χ0) is 18.2. The molecule has 1 fully saturated rings. The van der Waals surface area contributed by atoms with E-state index in [1.165, 1.54) is 12.8 Å². The number of nitrogens with one attached hydrogen (secondary N) is 1.